The number of phenolic OH excluding ortho intramolecular Hbond substituents is 1. The first-order valence-corrected chi connectivity index (χ1v) is 16.2. The van der Waals surface area contributed by atoms with Gasteiger partial charge in [-0.1, -0.05) is 95.0 Å². The molecule has 0 heterocycles. The molecule has 0 saturated heterocycles. The van der Waals surface area contributed by atoms with Gasteiger partial charge in [0.05, 0.1) is 10.3 Å². The van der Waals surface area contributed by atoms with E-state index in [9.17, 15) is 14.7 Å². The highest BCUT2D eigenvalue weighted by atomic mass is 32.2. The van der Waals surface area contributed by atoms with Gasteiger partial charge >= 0.3 is 0 Å². The zero-order valence-electron chi connectivity index (χ0n) is 24.8. The van der Waals surface area contributed by atoms with Gasteiger partial charge in [0.1, 0.15) is 11.5 Å². The maximum Gasteiger partial charge on any atom is 0.255 e. The Balaban J connectivity index is 2.15. The van der Waals surface area contributed by atoms with Gasteiger partial charge in [-0.15, -0.1) is 11.8 Å². The maximum absolute atomic E-state index is 13.1. The van der Waals surface area contributed by atoms with Crippen LogP contribution in [0.4, 0.5) is 0 Å². The van der Waals surface area contributed by atoms with E-state index in [2.05, 4.69) is 62.5 Å². The van der Waals surface area contributed by atoms with Gasteiger partial charge in [-0.05, 0) is 75.7 Å². The van der Waals surface area contributed by atoms with Gasteiger partial charge in [0.25, 0.3) is 5.91 Å². The number of nitrogens with one attached hydrogen (secondary N) is 1. The lowest BCUT2D eigenvalue weighted by atomic mass is 9.94. The number of ketones is 1. The predicted molar refractivity (Wildman–Crippen MR) is 170 cm³/mol. The van der Waals surface area contributed by atoms with Crippen LogP contribution >= 0.6 is 11.8 Å². The number of hydrogen-bond acceptors (Lipinski definition) is 4. The summed E-state index contributed by atoms with van der Waals surface area (Å²) in [5.74, 6) is 0.997. The molecule has 1 aromatic carbocycles. The van der Waals surface area contributed by atoms with Crippen LogP contribution in [0.25, 0.3) is 0 Å². The second-order valence-corrected chi connectivity index (χ2v) is 11.5. The van der Waals surface area contributed by atoms with Crippen molar-refractivity contribution in [2.45, 2.75) is 115 Å². The molecule has 1 aromatic rings. The lowest BCUT2D eigenvalue weighted by molar-refractivity contribution is -0.121. The van der Waals surface area contributed by atoms with Gasteiger partial charge in [-0.3, -0.25) is 9.59 Å². The third-order valence-electron chi connectivity index (χ3n) is 7.09. The summed E-state index contributed by atoms with van der Waals surface area (Å²) in [5, 5.41) is 12.6. The van der Waals surface area contributed by atoms with E-state index in [1.54, 1.807) is 18.2 Å². The standard InChI is InChI=1S/C34H53NO3S/c1-4-7-8-9-10-11-12-13-14-15-16-17-18-19-20-23-29-39-34(5-2,6-3)32(37)27-24-28-35-33(38)30-25-21-22-26-31(30)36/h7-8,10-11,13-14,21-22,25-26,36H,4-6,9,12,15-20,23-24,27-29H2,1-3H3,(H,35,38)/b8-7-,11-10-,14-13-. The quantitative estimate of drug-likeness (QED) is 0.104. The van der Waals surface area contributed by atoms with Crippen LogP contribution in [0.3, 0.4) is 0 Å². The summed E-state index contributed by atoms with van der Waals surface area (Å²) in [4.78, 5) is 25.4. The van der Waals surface area contributed by atoms with Gasteiger partial charge in [0.15, 0.2) is 0 Å². The number of carbonyl (C=O) groups excluding carboxylic acids is 2. The molecule has 0 fully saturated rings. The largest absolute Gasteiger partial charge is 0.507 e. The number of rotatable bonds is 23. The first-order valence-electron chi connectivity index (χ1n) is 15.2. The van der Waals surface area contributed by atoms with E-state index in [0.29, 0.717) is 25.2 Å². The average Bonchev–Trinajstić information content (AvgIpc) is 2.95. The third-order valence-corrected chi connectivity index (χ3v) is 8.94. The van der Waals surface area contributed by atoms with E-state index in [1.165, 1.54) is 44.6 Å². The summed E-state index contributed by atoms with van der Waals surface area (Å²) < 4.78 is -0.310. The summed E-state index contributed by atoms with van der Waals surface area (Å²) in [7, 11) is 0. The molecule has 1 rings (SSSR count). The Hall–Kier alpha value is -2.27. The number of allylic oxidation sites excluding steroid dienone is 6. The van der Waals surface area contributed by atoms with Crippen molar-refractivity contribution < 1.29 is 14.7 Å². The molecule has 5 heteroatoms. The summed E-state index contributed by atoms with van der Waals surface area (Å²) in [6.07, 6.45) is 28.2. The highest BCUT2D eigenvalue weighted by Crippen LogP contribution is 2.35. The minimum absolute atomic E-state index is 0.0269. The predicted octanol–water partition coefficient (Wildman–Crippen LogP) is 9.35. The Morgan fingerprint density at radius 3 is 2.10 bits per heavy atom. The Kier molecular flexibility index (Phi) is 20.1. The molecule has 4 nitrogen and oxygen atoms in total. The monoisotopic (exact) mass is 555 g/mol. The molecular weight excluding hydrogens is 502 g/mol. The fraction of sp³-hybridized carbons (Fsp3) is 0.588. The van der Waals surface area contributed by atoms with Crippen LogP contribution in [0.5, 0.6) is 5.75 Å². The van der Waals surface area contributed by atoms with Crippen LogP contribution in [0, 0.1) is 0 Å². The third kappa shape index (κ3) is 15.2. The van der Waals surface area contributed by atoms with Crippen LogP contribution in [0.2, 0.25) is 0 Å². The van der Waals surface area contributed by atoms with Crippen molar-refractivity contribution in [3.05, 3.63) is 66.3 Å². The molecule has 39 heavy (non-hydrogen) atoms. The van der Waals surface area contributed by atoms with Gasteiger partial charge in [-0.2, -0.15) is 0 Å². The fourth-order valence-electron chi connectivity index (χ4n) is 4.53. The van der Waals surface area contributed by atoms with Gasteiger partial charge in [0, 0.05) is 13.0 Å². The number of para-hydroxylation sites is 1. The number of phenols is 1. The lowest BCUT2D eigenvalue weighted by Gasteiger charge is -2.29. The molecule has 0 atom stereocenters. The maximum atomic E-state index is 13.1. The van der Waals surface area contributed by atoms with Crippen molar-refractivity contribution in [2.24, 2.45) is 0 Å². The second-order valence-electron chi connectivity index (χ2n) is 10.1. The molecule has 0 aromatic heterocycles. The zero-order chi connectivity index (χ0) is 28.6. The summed E-state index contributed by atoms with van der Waals surface area (Å²) in [6, 6.07) is 6.50. The van der Waals surface area contributed by atoms with Gasteiger partial charge < -0.3 is 10.4 Å². The minimum atomic E-state index is -0.310. The van der Waals surface area contributed by atoms with Crippen molar-refractivity contribution >= 4 is 23.5 Å². The Morgan fingerprint density at radius 1 is 0.821 bits per heavy atom. The molecule has 2 N–H and O–H groups in total. The smallest absolute Gasteiger partial charge is 0.255 e. The van der Waals surface area contributed by atoms with E-state index >= 15 is 0 Å². The van der Waals surface area contributed by atoms with Crippen LogP contribution in [-0.4, -0.2) is 33.8 Å². The number of Topliss-reactive ketones (excluding diaryl/α,β-unsaturated/α-hetero) is 1. The SMILES string of the molecule is CC/C=C\C/C=C\C/C=C\CCCCCCCCSC(CC)(CC)C(=O)CCCNC(=O)c1ccccc1O. The number of thioether (sulfide) groups is 1. The van der Waals surface area contributed by atoms with Crippen molar-refractivity contribution in [1.29, 1.82) is 0 Å². The molecule has 0 spiro atoms. The summed E-state index contributed by atoms with van der Waals surface area (Å²) in [5.41, 5.74) is 0.266. The Bertz CT molecular complexity index is 886. The topological polar surface area (TPSA) is 66.4 Å². The average molecular weight is 556 g/mol. The molecule has 218 valence electrons. The first-order chi connectivity index (χ1) is 19.0. The van der Waals surface area contributed by atoms with E-state index in [-0.39, 0.29) is 22.0 Å². The van der Waals surface area contributed by atoms with E-state index < -0.39 is 0 Å². The van der Waals surface area contributed by atoms with Crippen molar-refractivity contribution in [3.8, 4) is 5.75 Å². The lowest BCUT2D eigenvalue weighted by Crippen LogP contribution is -2.35. The van der Waals surface area contributed by atoms with E-state index in [4.69, 9.17) is 0 Å². The van der Waals surface area contributed by atoms with Crippen molar-refractivity contribution in [2.75, 3.05) is 12.3 Å². The Morgan fingerprint density at radius 2 is 1.44 bits per heavy atom. The molecule has 0 radical (unpaired) electrons. The number of amides is 1. The number of hydrogen-bond donors (Lipinski definition) is 2. The zero-order valence-corrected chi connectivity index (χ0v) is 25.6. The molecule has 1 amide bonds. The normalized spacial score (nSPS) is 12.2. The highest BCUT2D eigenvalue weighted by molar-refractivity contribution is 8.01. The summed E-state index contributed by atoms with van der Waals surface area (Å²) >= 11 is 1.84. The highest BCUT2D eigenvalue weighted by Gasteiger charge is 2.34. The van der Waals surface area contributed by atoms with Gasteiger partial charge in [-0.25, -0.2) is 0 Å². The summed E-state index contributed by atoms with van der Waals surface area (Å²) in [6.45, 7) is 6.82. The molecule has 0 aliphatic carbocycles. The minimum Gasteiger partial charge on any atom is -0.507 e. The fourth-order valence-corrected chi connectivity index (χ4v) is 5.94. The molecule has 0 saturated carbocycles. The molecule has 0 bridgehead atoms. The number of unbranched alkanes of at least 4 members (excludes halogenated alkanes) is 6. The van der Waals surface area contributed by atoms with Crippen molar-refractivity contribution in [1.82, 2.24) is 5.32 Å². The van der Waals surface area contributed by atoms with Gasteiger partial charge in [0.2, 0.25) is 0 Å². The van der Waals surface area contributed by atoms with Crippen LogP contribution in [-0.2, 0) is 4.79 Å². The second kappa shape index (κ2) is 22.5. The van der Waals surface area contributed by atoms with E-state index in [0.717, 1.165) is 44.3 Å². The van der Waals surface area contributed by atoms with Crippen LogP contribution < -0.4 is 5.32 Å². The number of benzene rings is 1. The van der Waals surface area contributed by atoms with Crippen LogP contribution in [0.1, 0.15) is 121 Å². The molecular formula is C34H53NO3S. The Labute approximate surface area is 242 Å². The number of carbonyl (C=O) groups is 2. The first kappa shape index (κ1) is 34.8. The van der Waals surface area contributed by atoms with Crippen LogP contribution in [0.15, 0.2) is 60.7 Å². The van der Waals surface area contributed by atoms with Crippen molar-refractivity contribution in [3.63, 3.8) is 0 Å². The molecule has 0 aliphatic heterocycles. The number of aromatic hydroxyl groups is 1. The van der Waals surface area contributed by atoms with E-state index in [1.807, 2.05) is 11.8 Å². The molecule has 0 aliphatic rings. The molecule has 0 unspecified atom stereocenters.